The lowest BCUT2D eigenvalue weighted by Gasteiger charge is -2.29. The first-order valence-corrected chi connectivity index (χ1v) is 11.0. The monoisotopic (exact) mass is 431 g/mol. The van der Waals surface area contributed by atoms with Crippen LogP contribution in [0.5, 0.6) is 5.75 Å². The standard InChI is InChI=1S/C24H25N5O3/c30-22(12-14-28-19-9-3-4-10-20(19)32-16-23(28)31)25-18-8-6-7-17(15-18)24-27-26-21-11-2-1-5-13-29(21)24/h3-4,6-10,15H,1-2,5,11-14,16H2,(H,25,30). The molecule has 2 aliphatic heterocycles. The minimum absolute atomic E-state index is 0.0106. The van der Waals surface area contributed by atoms with Crippen molar-refractivity contribution in [1.82, 2.24) is 14.8 Å². The van der Waals surface area contributed by atoms with Crippen LogP contribution in [0.25, 0.3) is 11.4 Å². The number of anilines is 2. The van der Waals surface area contributed by atoms with Gasteiger partial charge in [0, 0.05) is 37.2 Å². The third kappa shape index (κ3) is 4.08. The van der Waals surface area contributed by atoms with Gasteiger partial charge in [0.1, 0.15) is 11.6 Å². The average molecular weight is 431 g/mol. The number of hydrogen-bond donors (Lipinski definition) is 1. The lowest BCUT2D eigenvalue weighted by atomic mass is 10.1. The normalized spacial score (nSPS) is 15.4. The molecule has 8 heteroatoms. The van der Waals surface area contributed by atoms with Crippen molar-refractivity contribution in [2.75, 3.05) is 23.4 Å². The summed E-state index contributed by atoms with van der Waals surface area (Å²) in [5.74, 6) is 2.23. The van der Waals surface area contributed by atoms with Crippen LogP contribution in [0.1, 0.15) is 31.5 Å². The number of para-hydroxylation sites is 2. The molecule has 8 nitrogen and oxygen atoms in total. The number of rotatable bonds is 5. The van der Waals surface area contributed by atoms with E-state index in [1.165, 1.54) is 6.42 Å². The molecule has 2 aromatic carbocycles. The predicted octanol–water partition coefficient (Wildman–Crippen LogP) is 3.43. The smallest absolute Gasteiger partial charge is 0.265 e. The van der Waals surface area contributed by atoms with Crippen LogP contribution in [0.4, 0.5) is 11.4 Å². The van der Waals surface area contributed by atoms with E-state index in [0.29, 0.717) is 23.7 Å². The van der Waals surface area contributed by atoms with Crippen LogP contribution in [-0.4, -0.2) is 39.7 Å². The van der Waals surface area contributed by atoms with Crippen LogP contribution in [-0.2, 0) is 22.6 Å². The zero-order chi connectivity index (χ0) is 21.9. The van der Waals surface area contributed by atoms with Gasteiger partial charge in [-0.2, -0.15) is 0 Å². The molecule has 0 saturated heterocycles. The third-order valence-electron chi connectivity index (χ3n) is 5.88. The maximum absolute atomic E-state index is 12.6. The van der Waals surface area contributed by atoms with Crippen LogP contribution in [0.3, 0.4) is 0 Å². The van der Waals surface area contributed by atoms with Crippen molar-refractivity contribution in [3.05, 3.63) is 54.4 Å². The van der Waals surface area contributed by atoms with Gasteiger partial charge in [0.15, 0.2) is 12.4 Å². The molecule has 2 aliphatic rings. The summed E-state index contributed by atoms with van der Waals surface area (Å²) in [6.07, 6.45) is 4.61. The number of carbonyl (C=O) groups is 2. The van der Waals surface area contributed by atoms with Gasteiger partial charge in [0.25, 0.3) is 5.91 Å². The van der Waals surface area contributed by atoms with Gasteiger partial charge in [0.05, 0.1) is 5.69 Å². The van der Waals surface area contributed by atoms with Gasteiger partial charge in [-0.25, -0.2) is 0 Å². The highest BCUT2D eigenvalue weighted by molar-refractivity contribution is 5.99. The van der Waals surface area contributed by atoms with E-state index in [1.807, 2.05) is 48.5 Å². The second-order valence-corrected chi connectivity index (χ2v) is 8.08. The first-order chi connectivity index (χ1) is 15.7. The first kappa shape index (κ1) is 20.2. The topological polar surface area (TPSA) is 89.3 Å². The molecule has 0 saturated carbocycles. The molecule has 0 unspecified atom stereocenters. The molecule has 3 heterocycles. The molecular weight excluding hydrogens is 406 g/mol. The van der Waals surface area contributed by atoms with Gasteiger partial charge in [-0.15, -0.1) is 10.2 Å². The summed E-state index contributed by atoms with van der Waals surface area (Å²) < 4.78 is 7.65. The Morgan fingerprint density at radius 2 is 1.97 bits per heavy atom. The maximum atomic E-state index is 12.6. The highest BCUT2D eigenvalue weighted by Crippen LogP contribution is 2.31. The molecule has 164 valence electrons. The predicted molar refractivity (Wildman–Crippen MR) is 121 cm³/mol. The minimum Gasteiger partial charge on any atom is -0.482 e. The zero-order valence-electron chi connectivity index (χ0n) is 17.8. The number of aromatic nitrogens is 3. The van der Waals surface area contributed by atoms with Crippen molar-refractivity contribution >= 4 is 23.2 Å². The molecule has 0 bridgehead atoms. The Bertz CT molecular complexity index is 1160. The fraction of sp³-hybridized carbons (Fsp3) is 0.333. The Labute approximate surface area is 186 Å². The zero-order valence-corrected chi connectivity index (χ0v) is 17.8. The molecule has 32 heavy (non-hydrogen) atoms. The van der Waals surface area contributed by atoms with Gasteiger partial charge in [-0.1, -0.05) is 30.7 Å². The number of fused-ring (bicyclic) bond motifs is 2. The number of carbonyl (C=O) groups excluding carboxylic acids is 2. The summed E-state index contributed by atoms with van der Waals surface area (Å²) in [4.78, 5) is 26.5. The largest absolute Gasteiger partial charge is 0.482 e. The maximum Gasteiger partial charge on any atom is 0.265 e. The third-order valence-corrected chi connectivity index (χ3v) is 5.88. The summed E-state index contributed by atoms with van der Waals surface area (Å²) in [7, 11) is 0. The van der Waals surface area contributed by atoms with Crippen molar-refractivity contribution in [1.29, 1.82) is 0 Å². The Kier molecular flexibility index (Phi) is 5.58. The number of nitrogens with one attached hydrogen (secondary N) is 1. The number of amides is 2. The van der Waals surface area contributed by atoms with Gasteiger partial charge >= 0.3 is 0 Å². The second kappa shape index (κ2) is 8.82. The summed E-state index contributed by atoms with van der Waals surface area (Å²) in [5, 5.41) is 11.7. The van der Waals surface area contributed by atoms with Gasteiger partial charge in [-0.05, 0) is 37.1 Å². The Morgan fingerprint density at radius 1 is 1.06 bits per heavy atom. The van der Waals surface area contributed by atoms with Crippen molar-refractivity contribution < 1.29 is 14.3 Å². The summed E-state index contributed by atoms with van der Waals surface area (Å²) in [6.45, 7) is 1.20. The highest BCUT2D eigenvalue weighted by atomic mass is 16.5. The van der Waals surface area contributed by atoms with Gasteiger partial charge in [0.2, 0.25) is 5.91 Å². The fourth-order valence-corrected chi connectivity index (χ4v) is 4.27. The highest BCUT2D eigenvalue weighted by Gasteiger charge is 2.25. The van der Waals surface area contributed by atoms with Gasteiger partial charge in [-0.3, -0.25) is 9.59 Å². The Hall–Kier alpha value is -3.68. The Balaban J connectivity index is 1.26. The number of hydrogen-bond acceptors (Lipinski definition) is 5. The molecule has 3 aromatic rings. The van der Waals surface area contributed by atoms with Crippen LogP contribution in [0.2, 0.25) is 0 Å². The molecule has 0 radical (unpaired) electrons. The van der Waals surface area contributed by atoms with Gasteiger partial charge < -0.3 is 19.5 Å². The van der Waals surface area contributed by atoms with Crippen molar-refractivity contribution in [2.24, 2.45) is 0 Å². The van der Waals surface area contributed by atoms with Crippen LogP contribution in [0.15, 0.2) is 48.5 Å². The van der Waals surface area contributed by atoms with Crippen molar-refractivity contribution in [2.45, 2.75) is 38.6 Å². The molecular formula is C24H25N5O3. The van der Waals surface area contributed by atoms with E-state index in [0.717, 1.165) is 43.0 Å². The molecule has 1 aromatic heterocycles. The molecule has 5 rings (SSSR count). The fourth-order valence-electron chi connectivity index (χ4n) is 4.27. The van der Waals surface area contributed by atoms with Crippen LogP contribution in [0, 0.1) is 0 Å². The van der Waals surface area contributed by atoms with E-state index >= 15 is 0 Å². The lowest BCUT2D eigenvalue weighted by molar-refractivity contribution is -0.121. The number of aryl methyl sites for hydroxylation is 1. The number of nitrogens with zero attached hydrogens (tertiary/aromatic N) is 4. The minimum atomic E-state index is -0.154. The lowest BCUT2D eigenvalue weighted by Crippen LogP contribution is -2.40. The molecule has 0 fully saturated rings. The van der Waals surface area contributed by atoms with E-state index < -0.39 is 0 Å². The first-order valence-electron chi connectivity index (χ1n) is 11.0. The summed E-state index contributed by atoms with van der Waals surface area (Å²) in [5.41, 5.74) is 2.33. The second-order valence-electron chi connectivity index (χ2n) is 8.08. The number of ether oxygens (including phenoxy) is 1. The molecule has 2 amide bonds. The summed E-state index contributed by atoms with van der Waals surface area (Å²) >= 11 is 0. The van der Waals surface area contributed by atoms with Crippen LogP contribution < -0.4 is 15.0 Å². The van der Waals surface area contributed by atoms with E-state index in [4.69, 9.17) is 4.74 Å². The molecule has 0 spiro atoms. The van der Waals surface area contributed by atoms with Crippen molar-refractivity contribution in [3.63, 3.8) is 0 Å². The molecule has 0 aliphatic carbocycles. The van der Waals surface area contributed by atoms with E-state index in [2.05, 4.69) is 20.1 Å². The SMILES string of the molecule is O=C(CCN1C(=O)COc2ccccc21)Nc1cccc(-c2nnc3n2CCCCC3)c1. The average Bonchev–Trinajstić information content (AvgIpc) is 3.07. The Morgan fingerprint density at radius 3 is 2.91 bits per heavy atom. The van der Waals surface area contributed by atoms with Crippen molar-refractivity contribution in [3.8, 4) is 17.1 Å². The van der Waals surface area contributed by atoms with E-state index in [9.17, 15) is 9.59 Å². The number of benzene rings is 2. The van der Waals surface area contributed by atoms with E-state index in [-0.39, 0.29) is 24.8 Å². The van der Waals surface area contributed by atoms with Crippen LogP contribution >= 0.6 is 0 Å². The van der Waals surface area contributed by atoms with E-state index in [1.54, 1.807) is 4.90 Å². The summed E-state index contributed by atoms with van der Waals surface area (Å²) in [6, 6.07) is 15.0. The quantitative estimate of drug-likeness (QED) is 0.669. The molecule has 1 N–H and O–H groups in total. The molecule has 0 atom stereocenters.